The molecular weight excluding hydrogens is 365 g/mol. The molecule has 152 valence electrons. The van der Waals surface area contributed by atoms with Gasteiger partial charge in [0, 0.05) is 45.5 Å². The zero-order valence-electron chi connectivity index (χ0n) is 16.0. The molecule has 0 spiro atoms. The topological polar surface area (TPSA) is 83.8 Å². The Kier molecular flexibility index (Phi) is 5.91. The van der Waals surface area contributed by atoms with E-state index in [-0.39, 0.29) is 18.2 Å². The van der Waals surface area contributed by atoms with Crippen molar-refractivity contribution in [1.29, 1.82) is 0 Å². The number of carbonyl (C=O) groups is 1. The van der Waals surface area contributed by atoms with Crippen LogP contribution in [0.15, 0.2) is 11.2 Å². The van der Waals surface area contributed by atoms with Crippen molar-refractivity contribution in [3.8, 4) is 0 Å². The van der Waals surface area contributed by atoms with Crippen molar-refractivity contribution >= 4 is 12.1 Å². The van der Waals surface area contributed by atoms with Crippen molar-refractivity contribution < 1.29 is 22.7 Å². The number of amides is 1. The minimum Gasteiger partial charge on any atom is -0.444 e. The summed E-state index contributed by atoms with van der Waals surface area (Å²) >= 11 is 0. The third kappa shape index (κ3) is 5.76. The fourth-order valence-electron chi connectivity index (χ4n) is 2.52. The summed E-state index contributed by atoms with van der Waals surface area (Å²) in [6.45, 7) is 6.15. The third-order valence-corrected chi connectivity index (χ3v) is 3.72. The van der Waals surface area contributed by atoms with Crippen molar-refractivity contribution in [2.75, 3.05) is 20.1 Å². The van der Waals surface area contributed by atoms with Gasteiger partial charge in [-0.15, -0.1) is 0 Å². The van der Waals surface area contributed by atoms with Crippen molar-refractivity contribution in [1.82, 2.24) is 25.3 Å². The minimum atomic E-state index is -4.52. The van der Waals surface area contributed by atoms with E-state index in [1.807, 2.05) is 0 Å². The molecule has 1 aliphatic heterocycles. The molecule has 2 N–H and O–H groups in total. The van der Waals surface area contributed by atoms with Gasteiger partial charge < -0.3 is 20.3 Å². The monoisotopic (exact) mass is 390 g/mol. The van der Waals surface area contributed by atoms with Crippen LogP contribution in [0.3, 0.4) is 0 Å². The first-order valence-corrected chi connectivity index (χ1v) is 8.44. The molecule has 1 aliphatic rings. The summed E-state index contributed by atoms with van der Waals surface area (Å²) < 4.78 is 45.3. The van der Waals surface area contributed by atoms with Crippen LogP contribution >= 0.6 is 0 Å². The highest BCUT2D eigenvalue weighted by Crippen LogP contribution is 2.30. The molecule has 0 radical (unpaired) electrons. The van der Waals surface area contributed by atoms with Crippen LogP contribution in [0.1, 0.15) is 32.0 Å². The number of nitrogens with zero attached hydrogens (tertiary/aromatic N) is 4. The highest BCUT2D eigenvalue weighted by molar-refractivity contribution is 5.80. The van der Waals surface area contributed by atoms with Gasteiger partial charge in [0.1, 0.15) is 5.60 Å². The van der Waals surface area contributed by atoms with Crippen LogP contribution in [0.2, 0.25) is 0 Å². The second kappa shape index (κ2) is 7.65. The van der Waals surface area contributed by atoms with Gasteiger partial charge in [0.15, 0.2) is 11.7 Å². The van der Waals surface area contributed by atoms with Gasteiger partial charge in [-0.05, 0) is 20.8 Å². The number of guanidine groups is 1. The van der Waals surface area contributed by atoms with Crippen molar-refractivity contribution in [2.24, 2.45) is 12.0 Å². The number of carbonyl (C=O) groups excluding carboxylic acids is 1. The van der Waals surface area contributed by atoms with Crippen LogP contribution < -0.4 is 10.6 Å². The fraction of sp³-hybridized carbons (Fsp3) is 0.688. The largest absolute Gasteiger partial charge is 0.444 e. The molecule has 1 fully saturated rings. The van der Waals surface area contributed by atoms with E-state index in [1.165, 1.54) is 20.3 Å². The molecule has 27 heavy (non-hydrogen) atoms. The Morgan fingerprint density at radius 1 is 1.37 bits per heavy atom. The Hall–Kier alpha value is -2.46. The van der Waals surface area contributed by atoms with E-state index < -0.39 is 23.6 Å². The maximum atomic E-state index is 13.0. The van der Waals surface area contributed by atoms with Crippen molar-refractivity contribution in [3.63, 3.8) is 0 Å². The molecule has 0 aromatic carbocycles. The number of hydrogen-bond donors (Lipinski definition) is 2. The molecule has 1 aromatic rings. The van der Waals surface area contributed by atoms with Gasteiger partial charge in [-0.3, -0.25) is 9.67 Å². The van der Waals surface area contributed by atoms with Gasteiger partial charge in [0.2, 0.25) is 0 Å². The highest BCUT2D eigenvalue weighted by atomic mass is 19.4. The molecule has 0 unspecified atom stereocenters. The number of aryl methyl sites for hydroxylation is 1. The van der Waals surface area contributed by atoms with Crippen LogP contribution in [0.5, 0.6) is 0 Å². The number of rotatable bonds is 3. The molecule has 0 saturated carbocycles. The summed E-state index contributed by atoms with van der Waals surface area (Å²) in [7, 11) is 2.96. The van der Waals surface area contributed by atoms with Gasteiger partial charge in [0.25, 0.3) is 0 Å². The molecule has 1 aromatic heterocycles. The lowest BCUT2D eigenvalue weighted by Gasteiger charge is -2.40. The van der Waals surface area contributed by atoms with E-state index in [9.17, 15) is 18.0 Å². The number of likely N-dealkylation sites (tertiary alicyclic amines) is 1. The SMILES string of the molecule is CN=C(NCc1cn(C)nc1C(F)(F)F)NC1CN(C(=O)OC(C)(C)C)C1. The number of halogens is 3. The average molecular weight is 390 g/mol. The van der Waals surface area contributed by atoms with Crippen LogP contribution in [-0.4, -0.2) is 58.5 Å². The van der Waals surface area contributed by atoms with Crippen LogP contribution in [0, 0.1) is 0 Å². The van der Waals surface area contributed by atoms with Crippen LogP contribution in [0.25, 0.3) is 0 Å². The maximum absolute atomic E-state index is 13.0. The van der Waals surface area contributed by atoms with Gasteiger partial charge in [-0.2, -0.15) is 18.3 Å². The van der Waals surface area contributed by atoms with Gasteiger partial charge >= 0.3 is 12.3 Å². The number of ether oxygens (including phenoxy) is 1. The normalized spacial score (nSPS) is 16.1. The molecular formula is C16H25F3N6O2. The van der Waals surface area contributed by atoms with Gasteiger partial charge in [-0.25, -0.2) is 4.79 Å². The number of hydrogen-bond acceptors (Lipinski definition) is 4. The number of nitrogens with one attached hydrogen (secondary N) is 2. The smallest absolute Gasteiger partial charge is 0.435 e. The summed E-state index contributed by atoms with van der Waals surface area (Å²) in [5.74, 6) is 0.348. The zero-order chi connectivity index (χ0) is 20.4. The van der Waals surface area contributed by atoms with E-state index in [0.29, 0.717) is 19.0 Å². The minimum absolute atomic E-state index is 0.0249. The Balaban J connectivity index is 1.84. The summed E-state index contributed by atoms with van der Waals surface area (Å²) in [6, 6.07) is -0.0558. The predicted molar refractivity (Wildman–Crippen MR) is 93.1 cm³/mol. The van der Waals surface area contributed by atoms with E-state index in [4.69, 9.17) is 4.74 Å². The van der Waals surface area contributed by atoms with Gasteiger partial charge in [-0.1, -0.05) is 0 Å². The standard InChI is InChI=1S/C16H25F3N6O2/c1-15(2,3)27-14(26)25-8-11(9-25)22-13(20-4)21-6-10-7-24(5)23-12(10)16(17,18)19/h7,11H,6,8-9H2,1-5H3,(H2,20,21,22). The molecule has 2 heterocycles. The Bertz CT molecular complexity index is 702. The number of aliphatic imine (C=N–C) groups is 1. The fourth-order valence-corrected chi connectivity index (χ4v) is 2.52. The molecule has 11 heteroatoms. The summed E-state index contributed by atoms with van der Waals surface area (Å²) in [5.41, 5.74) is -1.46. The summed E-state index contributed by atoms with van der Waals surface area (Å²) in [4.78, 5) is 17.4. The number of alkyl halides is 3. The highest BCUT2D eigenvalue weighted by Gasteiger charge is 2.37. The lowest BCUT2D eigenvalue weighted by Crippen LogP contribution is -2.63. The Morgan fingerprint density at radius 3 is 2.52 bits per heavy atom. The van der Waals surface area contributed by atoms with Crippen LogP contribution in [0.4, 0.5) is 18.0 Å². The van der Waals surface area contributed by atoms with Crippen molar-refractivity contribution in [3.05, 3.63) is 17.5 Å². The second-order valence-electron chi connectivity index (χ2n) is 7.33. The summed E-state index contributed by atoms with van der Waals surface area (Å²) in [5, 5.41) is 9.38. The van der Waals surface area contributed by atoms with E-state index in [1.54, 1.807) is 25.7 Å². The first-order valence-electron chi connectivity index (χ1n) is 8.44. The zero-order valence-corrected chi connectivity index (χ0v) is 16.0. The van der Waals surface area contributed by atoms with E-state index in [2.05, 4.69) is 20.7 Å². The van der Waals surface area contributed by atoms with Crippen molar-refractivity contribution in [2.45, 2.75) is 45.1 Å². The molecule has 1 saturated heterocycles. The number of aromatic nitrogens is 2. The summed E-state index contributed by atoms with van der Waals surface area (Å²) in [6.07, 6.45) is -3.60. The molecule has 0 aliphatic carbocycles. The molecule has 8 nitrogen and oxygen atoms in total. The third-order valence-electron chi connectivity index (χ3n) is 3.72. The Morgan fingerprint density at radius 2 is 2.00 bits per heavy atom. The lowest BCUT2D eigenvalue weighted by atomic mass is 10.1. The molecule has 0 bridgehead atoms. The van der Waals surface area contributed by atoms with E-state index >= 15 is 0 Å². The predicted octanol–water partition coefficient (Wildman–Crippen LogP) is 1.72. The lowest BCUT2D eigenvalue weighted by molar-refractivity contribution is -0.142. The first-order chi connectivity index (χ1) is 12.4. The molecule has 0 atom stereocenters. The van der Waals surface area contributed by atoms with E-state index in [0.717, 1.165) is 4.68 Å². The maximum Gasteiger partial charge on any atom is 0.435 e. The van der Waals surface area contributed by atoms with Crippen LogP contribution in [-0.2, 0) is 24.5 Å². The quantitative estimate of drug-likeness (QED) is 0.607. The average Bonchev–Trinajstić information content (AvgIpc) is 2.84. The second-order valence-corrected chi connectivity index (χ2v) is 7.33. The molecule has 1 amide bonds. The Labute approximate surface area is 155 Å². The van der Waals surface area contributed by atoms with Gasteiger partial charge in [0.05, 0.1) is 6.04 Å². The first kappa shape index (κ1) is 20.8. The molecule has 2 rings (SSSR count).